The molecule has 0 bridgehead atoms. The first-order chi connectivity index (χ1) is 8.63. The first-order valence-corrected chi connectivity index (χ1v) is 6.27. The molecule has 96 valence electrons. The van der Waals surface area contributed by atoms with Crippen molar-refractivity contribution in [2.45, 2.75) is 26.2 Å². The lowest BCUT2D eigenvalue weighted by Gasteiger charge is -2.09. The molecule has 0 fully saturated rings. The van der Waals surface area contributed by atoms with Crippen molar-refractivity contribution in [1.82, 2.24) is 9.78 Å². The smallest absolute Gasteiger partial charge is 0.306 e. The Hall–Kier alpha value is -1.84. The monoisotopic (exact) mass is 246 g/mol. The van der Waals surface area contributed by atoms with Crippen LogP contribution in [0.2, 0.25) is 0 Å². The summed E-state index contributed by atoms with van der Waals surface area (Å²) in [7, 11) is 1.89. The molecule has 0 spiro atoms. The molecule has 18 heavy (non-hydrogen) atoms. The molecule has 2 aromatic rings. The number of benzene rings is 1. The highest BCUT2D eigenvalue weighted by Crippen LogP contribution is 2.22. The third kappa shape index (κ3) is 2.37. The fourth-order valence-electron chi connectivity index (χ4n) is 2.33. The highest BCUT2D eigenvalue weighted by atomic mass is 16.4. The molecule has 1 aromatic carbocycles. The Morgan fingerprint density at radius 1 is 1.44 bits per heavy atom. The molecule has 0 aliphatic carbocycles. The van der Waals surface area contributed by atoms with Crippen LogP contribution in [0.3, 0.4) is 0 Å². The van der Waals surface area contributed by atoms with Crippen LogP contribution in [0.1, 0.15) is 25.5 Å². The van der Waals surface area contributed by atoms with Crippen LogP contribution < -0.4 is 0 Å². The summed E-state index contributed by atoms with van der Waals surface area (Å²) in [6.45, 7) is 2.01. The van der Waals surface area contributed by atoms with Gasteiger partial charge in [0.1, 0.15) is 0 Å². The Morgan fingerprint density at radius 3 is 2.83 bits per heavy atom. The molecule has 1 heterocycles. The molecule has 0 amide bonds. The van der Waals surface area contributed by atoms with Gasteiger partial charge < -0.3 is 5.11 Å². The Morgan fingerprint density at radius 2 is 2.17 bits per heavy atom. The van der Waals surface area contributed by atoms with Crippen LogP contribution in [0.5, 0.6) is 0 Å². The van der Waals surface area contributed by atoms with Gasteiger partial charge in [0.2, 0.25) is 0 Å². The first kappa shape index (κ1) is 12.6. The summed E-state index contributed by atoms with van der Waals surface area (Å²) < 4.78 is 1.82. The maximum Gasteiger partial charge on any atom is 0.306 e. The molecule has 0 saturated carbocycles. The second-order valence-corrected chi connectivity index (χ2v) is 4.62. The normalized spacial score (nSPS) is 12.8. The van der Waals surface area contributed by atoms with Crippen molar-refractivity contribution >= 4 is 16.9 Å². The van der Waals surface area contributed by atoms with Gasteiger partial charge in [-0.15, -0.1) is 0 Å². The average molecular weight is 246 g/mol. The standard InChI is InChI=1S/C14H18N2O2/c1-3-6-10(14(17)18)9-12-11-7-4-5-8-13(11)16(2)15-12/h4-5,7-8,10H,3,6,9H2,1-2H3,(H,17,18). The summed E-state index contributed by atoms with van der Waals surface area (Å²) in [4.78, 5) is 11.2. The number of hydrogen-bond donors (Lipinski definition) is 1. The third-order valence-electron chi connectivity index (χ3n) is 3.26. The fourth-order valence-corrected chi connectivity index (χ4v) is 2.33. The average Bonchev–Trinajstić information content (AvgIpc) is 2.66. The van der Waals surface area contributed by atoms with Gasteiger partial charge in [-0.2, -0.15) is 5.10 Å². The fraction of sp³-hybridized carbons (Fsp3) is 0.429. The minimum Gasteiger partial charge on any atom is -0.481 e. The van der Waals surface area contributed by atoms with Crippen molar-refractivity contribution in [3.05, 3.63) is 30.0 Å². The number of nitrogens with zero attached hydrogens (tertiary/aromatic N) is 2. The molecule has 0 radical (unpaired) electrons. The van der Waals surface area contributed by atoms with Crippen molar-refractivity contribution in [1.29, 1.82) is 0 Å². The van der Waals surface area contributed by atoms with Gasteiger partial charge in [0.25, 0.3) is 0 Å². The summed E-state index contributed by atoms with van der Waals surface area (Å²) in [5, 5.41) is 14.7. The van der Waals surface area contributed by atoms with Crippen molar-refractivity contribution in [2.24, 2.45) is 13.0 Å². The summed E-state index contributed by atoms with van der Waals surface area (Å²) in [5.74, 6) is -1.07. The van der Waals surface area contributed by atoms with E-state index in [4.69, 9.17) is 0 Å². The first-order valence-electron chi connectivity index (χ1n) is 6.27. The number of fused-ring (bicyclic) bond motifs is 1. The van der Waals surface area contributed by atoms with E-state index in [1.807, 2.05) is 42.9 Å². The van der Waals surface area contributed by atoms with E-state index in [2.05, 4.69) is 5.10 Å². The number of carboxylic acid groups (broad SMARTS) is 1. The molecule has 2 rings (SSSR count). The minimum absolute atomic E-state index is 0.340. The van der Waals surface area contributed by atoms with Gasteiger partial charge in [-0.25, -0.2) is 0 Å². The molecule has 0 aliphatic heterocycles. The van der Waals surface area contributed by atoms with Crippen LogP contribution >= 0.6 is 0 Å². The highest BCUT2D eigenvalue weighted by molar-refractivity contribution is 5.82. The quantitative estimate of drug-likeness (QED) is 0.882. The molecule has 0 saturated heterocycles. The van der Waals surface area contributed by atoms with E-state index in [9.17, 15) is 9.90 Å². The van der Waals surface area contributed by atoms with E-state index in [1.54, 1.807) is 0 Å². The van der Waals surface area contributed by atoms with Crippen molar-refractivity contribution in [3.8, 4) is 0 Å². The Balaban J connectivity index is 2.33. The van der Waals surface area contributed by atoms with Gasteiger partial charge in [-0.3, -0.25) is 9.48 Å². The predicted molar refractivity (Wildman–Crippen MR) is 70.5 cm³/mol. The zero-order valence-corrected chi connectivity index (χ0v) is 10.8. The SMILES string of the molecule is CCCC(Cc1nn(C)c2ccccc12)C(=O)O. The second-order valence-electron chi connectivity index (χ2n) is 4.62. The van der Waals surface area contributed by atoms with Gasteiger partial charge in [0.15, 0.2) is 0 Å². The number of aromatic nitrogens is 2. The van der Waals surface area contributed by atoms with Crippen LogP contribution in [0.4, 0.5) is 0 Å². The second kappa shape index (κ2) is 5.21. The Labute approximate surface area is 106 Å². The number of aryl methyl sites for hydroxylation is 1. The number of hydrogen-bond acceptors (Lipinski definition) is 2. The number of carboxylic acids is 1. The minimum atomic E-state index is -0.730. The molecule has 4 nitrogen and oxygen atoms in total. The molecule has 1 unspecified atom stereocenters. The third-order valence-corrected chi connectivity index (χ3v) is 3.26. The number of aliphatic carboxylic acids is 1. The van der Waals surface area contributed by atoms with Crippen molar-refractivity contribution < 1.29 is 9.90 Å². The highest BCUT2D eigenvalue weighted by Gasteiger charge is 2.20. The van der Waals surface area contributed by atoms with Crippen LogP contribution in [-0.4, -0.2) is 20.9 Å². The van der Waals surface area contributed by atoms with E-state index in [-0.39, 0.29) is 5.92 Å². The van der Waals surface area contributed by atoms with Gasteiger partial charge >= 0.3 is 5.97 Å². The van der Waals surface area contributed by atoms with Crippen molar-refractivity contribution in [3.63, 3.8) is 0 Å². The predicted octanol–water partition coefficient (Wildman–Crippen LogP) is 2.62. The van der Waals surface area contributed by atoms with E-state index in [0.29, 0.717) is 12.8 Å². The number of para-hydroxylation sites is 1. The van der Waals surface area contributed by atoms with E-state index < -0.39 is 5.97 Å². The van der Waals surface area contributed by atoms with Crippen molar-refractivity contribution in [2.75, 3.05) is 0 Å². The molecule has 0 aliphatic rings. The van der Waals surface area contributed by atoms with Gasteiger partial charge in [0.05, 0.1) is 17.1 Å². The molecule has 1 atom stereocenters. The zero-order valence-electron chi connectivity index (χ0n) is 10.8. The lowest BCUT2D eigenvalue weighted by Crippen LogP contribution is -2.16. The van der Waals surface area contributed by atoms with E-state index in [1.165, 1.54) is 0 Å². The van der Waals surface area contributed by atoms with Gasteiger partial charge in [-0.1, -0.05) is 31.5 Å². The molecule has 1 aromatic heterocycles. The molecular weight excluding hydrogens is 228 g/mol. The summed E-state index contributed by atoms with van der Waals surface area (Å²) >= 11 is 0. The van der Waals surface area contributed by atoms with Crippen LogP contribution in [-0.2, 0) is 18.3 Å². The van der Waals surface area contributed by atoms with Crippen LogP contribution in [0.25, 0.3) is 10.9 Å². The number of rotatable bonds is 5. The topological polar surface area (TPSA) is 55.1 Å². The molecule has 1 N–H and O–H groups in total. The summed E-state index contributed by atoms with van der Waals surface area (Å²) in [6.07, 6.45) is 2.08. The van der Waals surface area contributed by atoms with Gasteiger partial charge in [0, 0.05) is 18.9 Å². The number of carbonyl (C=O) groups is 1. The Kier molecular flexibility index (Phi) is 3.65. The molecule has 4 heteroatoms. The van der Waals surface area contributed by atoms with E-state index >= 15 is 0 Å². The van der Waals surface area contributed by atoms with E-state index in [0.717, 1.165) is 23.0 Å². The summed E-state index contributed by atoms with van der Waals surface area (Å²) in [5.41, 5.74) is 1.93. The lowest BCUT2D eigenvalue weighted by molar-refractivity contribution is -0.141. The maximum atomic E-state index is 11.2. The zero-order chi connectivity index (χ0) is 13.1. The van der Waals surface area contributed by atoms with Gasteiger partial charge in [-0.05, 0) is 12.5 Å². The maximum absolute atomic E-state index is 11.2. The Bertz CT molecular complexity index is 560. The lowest BCUT2D eigenvalue weighted by atomic mass is 9.97. The largest absolute Gasteiger partial charge is 0.481 e. The molecular formula is C14H18N2O2. The summed E-state index contributed by atoms with van der Waals surface area (Å²) in [6, 6.07) is 7.93. The van der Waals surface area contributed by atoms with Crippen LogP contribution in [0, 0.1) is 5.92 Å². The van der Waals surface area contributed by atoms with Crippen LogP contribution in [0.15, 0.2) is 24.3 Å².